The smallest absolute Gasteiger partial charge is 0.450 e. The quantitative estimate of drug-likeness (QED) is 0.247. The van der Waals surface area contributed by atoms with Crippen molar-refractivity contribution in [2.24, 2.45) is 0 Å². The number of hydrogen-bond donors (Lipinski definition) is 2. The number of hydrogen-bond acceptors (Lipinski definition) is 10. The molecule has 0 saturated carbocycles. The molecule has 31 heavy (non-hydrogen) atoms. The summed E-state index contributed by atoms with van der Waals surface area (Å²) in [5, 5.41) is 15.7. The van der Waals surface area contributed by atoms with E-state index < -0.39 is 50.2 Å². The third-order valence-corrected chi connectivity index (χ3v) is 1.67. The second kappa shape index (κ2) is 17.5. The minimum absolute atomic E-state index is 0.276. The highest BCUT2D eigenvalue weighted by molar-refractivity contribution is 5.60. The Morgan fingerprint density at radius 1 is 0.677 bits per heavy atom. The number of carboxylic acid groups (broad SMARTS) is 2. The predicted molar refractivity (Wildman–Crippen MR) is 81.4 cm³/mol. The fourth-order valence-electron chi connectivity index (χ4n) is 0.758. The molecule has 2 N–H and O–H groups in total. The zero-order chi connectivity index (χ0) is 25.1. The van der Waals surface area contributed by atoms with Gasteiger partial charge in [-0.2, -0.15) is 26.3 Å². The zero-order valence-corrected chi connectivity index (χ0v) is 15.8. The lowest BCUT2D eigenvalue weighted by molar-refractivity contribution is -0.182. The van der Waals surface area contributed by atoms with E-state index in [4.69, 9.17) is 10.2 Å². The van der Waals surface area contributed by atoms with Crippen LogP contribution in [0.4, 0.5) is 45.5 Å². The van der Waals surface area contributed by atoms with Crippen molar-refractivity contribution in [3.63, 3.8) is 0 Å². The first-order valence-electron chi connectivity index (χ1n) is 7.39. The predicted octanol–water partition coefficient (Wildman–Crippen LogP) is 3.43. The van der Waals surface area contributed by atoms with Gasteiger partial charge in [0.15, 0.2) is 13.2 Å². The molecule has 0 aliphatic heterocycles. The summed E-state index contributed by atoms with van der Waals surface area (Å²) in [6.07, 6.45) is -15.1. The number of rotatable bonds is 6. The van der Waals surface area contributed by atoms with E-state index in [2.05, 4.69) is 28.4 Å². The van der Waals surface area contributed by atoms with Gasteiger partial charge in [-0.05, 0) is 6.92 Å². The first-order chi connectivity index (χ1) is 14.0. The molecule has 0 aliphatic carbocycles. The average molecular weight is 480 g/mol. The SMILES string of the molecule is CCOC(=O)OC.O=C(O)OCCOC(=O)O.O=C(OCC(F)(F)F)OCC(F)(F)F. The molecule has 0 aromatic rings. The maximum absolute atomic E-state index is 11.3. The summed E-state index contributed by atoms with van der Waals surface area (Å²) in [6, 6.07) is 0. The van der Waals surface area contributed by atoms with Crippen molar-refractivity contribution in [1.82, 2.24) is 0 Å². The minimum atomic E-state index is -4.79. The third-order valence-electron chi connectivity index (χ3n) is 1.67. The second-order valence-electron chi connectivity index (χ2n) is 4.17. The van der Waals surface area contributed by atoms with Crippen LogP contribution >= 0.6 is 0 Å². The summed E-state index contributed by atoms with van der Waals surface area (Å²) < 4.78 is 90.9. The molecule has 0 aliphatic rings. The van der Waals surface area contributed by atoms with Gasteiger partial charge in [0.05, 0.1) is 13.7 Å². The molecule has 0 atom stereocenters. The zero-order valence-electron chi connectivity index (χ0n) is 15.8. The summed E-state index contributed by atoms with van der Waals surface area (Å²) in [4.78, 5) is 39.3. The molecule has 0 heterocycles. The van der Waals surface area contributed by atoms with Crippen LogP contribution in [0.25, 0.3) is 0 Å². The van der Waals surface area contributed by atoms with Gasteiger partial charge in [0.25, 0.3) is 0 Å². The highest BCUT2D eigenvalue weighted by atomic mass is 19.4. The van der Waals surface area contributed by atoms with Crippen LogP contribution < -0.4 is 0 Å². The van der Waals surface area contributed by atoms with Crippen molar-refractivity contribution >= 4 is 24.6 Å². The van der Waals surface area contributed by atoms with Gasteiger partial charge in [0, 0.05) is 0 Å². The van der Waals surface area contributed by atoms with Crippen LogP contribution in [0.15, 0.2) is 0 Å². The van der Waals surface area contributed by atoms with E-state index in [9.17, 15) is 45.5 Å². The highest BCUT2D eigenvalue weighted by Crippen LogP contribution is 2.17. The van der Waals surface area contributed by atoms with E-state index >= 15 is 0 Å². The van der Waals surface area contributed by atoms with E-state index in [1.54, 1.807) is 6.92 Å². The van der Waals surface area contributed by atoms with Crippen molar-refractivity contribution in [1.29, 1.82) is 0 Å². The van der Waals surface area contributed by atoms with Gasteiger partial charge >= 0.3 is 37.0 Å². The standard InChI is InChI=1S/C5H4F6O3.C4H6O6.C4H8O3/c6-4(7,8)1-13-3(12)14-2-5(9,10)11;5-3(6)9-1-2-10-4(7)8;1-3-7-4(5)6-2/h1-2H2;1-2H2,(H,5,6)(H,7,8);3H2,1-2H3. The van der Waals surface area contributed by atoms with Crippen LogP contribution in [0.5, 0.6) is 0 Å². The van der Waals surface area contributed by atoms with Gasteiger partial charge in [0.2, 0.25) is 0 Å². The summed E-state index contributed by atoms with van der Waals surface area (Å²) >= 11 is 0. The summed E-state index contributed by atoms with van der Waals surface area (Å²) in [5.74, 6) is 0. The lowest BCUT2D eigenvalue weighted by Gasteiger charge is -2.09. The van der Waals surface area contributed by atoms with Gasteiger partial charge in [-0.25, -0.2) is 19.2 Å². The van der Waals surface area contributed by atoms with Crippen molar-refractivity contribution in [3.8, 4) is 0 Å². The number of ether oxygens (including phenoxy) is 6. The van der Waals surface area contributed by atoms with Crippen LogP contribution in [-0.2, 0) is 28.4 Å². The Hall–Kier alpha value is -3.34. The molecule has 0 aromatic carbocycles. The van der Waals surface area contributed by atoms with Gasteiger partial charge in [0.1, 0.15) is 13.2 Å². The van der Waals surface area contributed by atoms with Crippen molar-refractivity contribution in [2.75, 3.05) is 40.1 Å². The molecule has 0 saturated heterocycles. The topological polar surface area (TPSA) is 164 Å². The van der Waals surface area contributed by atoms with Gasteiger partial charge < -0.3 is 38.6 Å². The molecule has 12 nitrogen and oxygen atoms in total. The first-order valence-corrected chi connectivity index (χ1v) is 7.39. The number of carbonyl (C=O) groups is 4. The average Bonchev–Trinajstić information content (AvgIpc) is 2.61. The molecule has 0 bridgehead atoms. The molecule has 0 rings (SSSR count). The van der Waals surface area contributed by atoms with Crippen molar-refractivity contribution in [3.05, 3.63) is 0 Å². The Labute approximate surface area is 169 Å². The Balaban J connectivity index is -0.000000404. The summed E-state index contributed by atoms with van der Waals surface area (Å²) in [6.45, 7) is -2.43. The van der Waals surface area contributed by atoms with Crippen LogP contribution in [0.3, 0.4) is 0 Å². The molecule has 0 fully saturated rings. The lowest BCUT2D eigenvalue weighted by atomic mass is 10.7. The Kier molecular flexibility index (Phi) is 18.3. The fourth-order valence-corrected chi connectivity index (χ4v) is 0.758. The largest absolute Gasteiger partial charge is 0.508 e. The van der Waals surface area contributed by atoms with Gasteiger partial charge in [-0.3, -0.25) is 0 Å². The molecule has 0 aromatic heterocycles. The highest BCUT2D eigenvalue weighted by Gasteiger charge is 2.33. The maximum Gasteiger partial charge on any atom is 0.508 e. The Morgan fingerprint density at radius 2 is 1.03 bits per heavy atom. The van der Waals surface area contributed by atoms with E-state index in [1.165, 1.54) is 7.11 Å². The Morgan fingerprint density at radius 3 is 1.23 bits per heavy atom. The molecule has 0 radical (unpaired) electrons. The molecule has 0 amide bonds. The van der Waals surface area contributed by atoms with E-state index in [-0.39, 0.29) is 13.2 Å². The van der Waals surface area contributed by atoms with E-state index in [1.807, 2.05) is 0 Å². The summed E-state index contributed by atoms with van der Waals surface area (Å²) in [7, 11) is 1.28. The van der Waals surface area contributed by atoms with Crippen molar-refractivity contribution in [2.45, 2.75) is 19.3 Å². The third kappa shape index (κ3) is 38.0. The Bertz CT molecular complexity index is 498. The van der Waals surface area contributed by atoms with Gasteiger partial charge in [-0.1, -0.05) is 0 Å². The monoisotopic (exact) mass is 480 g/mol. The van der Waals surface area contributed by atoms with E-state index in [0.29, 0.717) is 6.61 Å². The molecular weight excluding hydrogens is 462 g/mol. The number of halogens is 6. The fraction of sp³-hybridized carbons (Fsp3) is 0.692. The number of carbonyl (C=O) groups excluding carboxylic acids is 2. The number of methoxy groups -OCH3 is 1. The molecular formula is C13H18F6O12. The van der Waals surface area contributed by atoms with Crippen LogP contribution in [-0.4, -0.2) is 87.3 Å². The van der Waals surface area contributed by atoms with Crippen molar-refractivity contribution < 1.29 is 84.2 Å². The normalized spacial score (nSPS) is 10.1. The van der Waals surface area contributed by atoms with Crippen LogP contribution in [0, 0.1) is 0 Å². The molecule has 0 spiro atoms. The molecule has 18 heteroatoms. The molecule has 0 unspecified atom stereocenters. The minimum Gasteiger partial charge on any atom is -0.450 e. The summed E-state index contributed by atoms with van der Waals surface area (Å²) in [5.41, 5.74) is 0. The van der Waals surface area contributed by atoms with Crippen LogP contribution in [0.2, 0.25) is 0 Å². The lowest BCUT2D eigenvalue weighted by Crippen LogP contribution is -2.24. The van der Waals surface area contributed by atoms with Crippen LogP contribution in [0.1, 0.15) is 6.92 Å². The first kappa shape index (κ1) is 32.3. The van der Waals surface area contributed by atoms with E-state index in [0.717, 1.165) is 0 Å². The second-order valence-corrected chi connectivity index (χ2v) is 4.17. The molecule has 184 valence electrons. The number of alkyl halides is 6. The van der Waals surface area contributed by atoms with Gasteiger partial charge in [-0.15, -0.1) is 0 Å². The maximum atomic E-state index is 11.3.